The van der Waals surface area contributed by atoms with Crippen molar-refractivity contribution in [2.45, 2.75) is 78.6 Å². The number of aromatic nitrogens is 1. The van der Waals surface area contributed by atoms with Crippen molar-refractivity contribution in [3.05, 3.63) is 42.6 Å². The SMILES string of the molecule is C1CCOCC1.CCCOc1cc(-c2ccccc2OCCCCCC(C)CC)ccn1. The summed E-state index contributed by atoms with van der Waals surface area (Å²) in [6.07, 6.45) is 12.9. The summed E-state index contributed by atoms with van der Waals surface area (Å²) in [5.41, 5.74) is 2.18. The average Bonchev–Trinajstić information content (AvgIpc) is 2.86. The molecule has 1 aromatic heterocycles. The molecule has 178 valence electrons. The molecule has 1 aliphatic heterocycles. The first-order valence-corrected chi connectivity index (χ1v) is 12.6. The Labute approximate surface area is 195 Å². The van der Waals surface area contributed by atoms with Crippen molar-refractivity contribution < 1.29 is 14.2 Å². The second-order valence-corrected chi connectivity index (χ2v) is 8.61. The van der Waals surface area contributed by atoms with Gasteiger partial charge < -0.3 is 14.2 Å². The fourth-order valence-electron chi connectivity index (χ4n) is 3.54. The Bertz CT molecular complexity index is 719. The predicted octanol–water partition coefficient (Wildman–Crippen LogP) is 7.71. The molecular formula is C28H43NO3. The number of hydrogen-bond acceptors (Lipinski definition) is 4. The molecule has 0 amide bonds. The van der Waals surface area contributed by atoms with Gasteiger partial charge in [0.05, 0.1) is 13.2 Å². The Morgan fingerprint density at radius 3 is 2.44 bits per heavy atom. The van der Waals surface area contributed by atoms with E-state index in [1.165, 1.54) is 44.9 Å². The highest BCUT2D eigenvalue weighted by Crippen LogP contribution is 2.31. The molecule has 2 heterocycles. The highest BCUT2D eigenvalue weighted by atomic mass is 16.5. The van der Waals surface area contributed by atoms with Gasteiger partial charge in [-0.1, -0.05) is 64.7 Å². The van der Waals surface area contributed by atoms with Gasteiger partial charge in [-0.2, -0.15) is 0 Å². The van der Waals surface area contributed by atoms with Crippen molar-refractivity contribution in [1.29, 1.82) is 0 Å². The number of rotatable bonds is 12. The summed E-state index contributed by atoms with van der Waals surface area (Å²) < 4.78 is 16.8. The largest absolute Gasteiger partial charge is 0.493 e. The number of nitrogens with zero attached hydrogens (tertiary/aromatic N) is 1. The lowest BCUT2D eigenvalue weighted by Crippen LogP contribution is -2.03. The van der Waals surface area contributed by atoms with Crippen LogP contribution in [0.5, 0.6) is 11.6 Å². The zero-order chi connectivity index (χ0) is 22.9. The molecule has 1 unspecified atom stereocenters. The number of unbranched alkanes of at least 4 members (excludes halogenated alkanes) is 2. The predicted molar refractivity (Wildman–Crippen MR) is 134 cm³/mol. The first-order chi connectivity index (χ1) is 15.7. The number of pyridine rings is 1. The van der Waals surface area contributed by atoms with E-state index < -0.39 is 0 Å². The summed E-state index contributed by atoms with van der Waals surface area (Å²) in [5, 5.41) is 0. The van der Waals surface area contributed by atoms with Crippen LogP contribution in [-0.4, -0.2) is 31.4 Å². The zero-order valence-electron chi connectivity index (χ0n) is 20.5. The van der Waals surface area contributed by atoms with Gasteiger partial charge in [-0.05, 0) is 55.7 Å². The van der Waals surface area contributed by atoms with Crippen molar-refractivity contribution in [3.63, 3.8) is 0 Å². The summed E-state index contributed by atoms with van der Waals surface area (Å²) in [4.78, 5) is 4.29. The van der Waals surface area contributed by atoms with E-state index in [1.54, 1.807) is 6.20 Å². The normalized spacial score (nSPS) is 14.2. The molecule has 3 rings (SSSR count). The topological polar surface area (TPSA) is 40.6 Å². The standard InChI is InChI=1S/C23H33NO2.C5H10O/c1-4-16-26-23-18-20(14-15-24-23)21-12-8-9-13-22(21)25-17-10-6-7-11-19(3)5-2;1-2-4-6-5-3-1/h8-9,12-15,18-19H,4-7,10-11,16-17H2,1-3H3;1-5H2. The van der Waals surface area contributed by atoms with Crippen molar-refractivity contribution in [3.8, 4) is 22.8 Å². The van der Waals surface area contributed by atoms with Gasteiger partial charge in [0.25, 0.3) is 0 Å². The quantitative estimate of drug-likeness (QED) is 0.316. The van der Waals surface area contributed by atoms with Crippen LogP contribution in [0.2, 0.25) is 0 Å². The summed E-state index contributed by atoms with van der Waals surface area (Å²) >= 11 is 0. The van der Waals surface area contributed by atoms with Crippen LogP contribution in [0, 0.1) is 5.92 Å². The number of para-hydroxylation sites is 1. The maximum absolute atomic E-state index is 6.08. The smallest absolute Gasteiger partial charge is 0.213 e. The van der Waals surface area contributed by atoms with Gasteiger partial charge in [-0.25, -0.2) is 4.98 Å². The fraction of sp³-hybridized carbons (Fsp3) is 0.607. The molecule has 0 radical (unpaired) electrons. The monoisotopic (exact) mass is 441 g/mol. The van der Waals surface area contributed by atoms with E-state index >= 15 is 0 Å². The van der Waals surface area contributed by atoms with Crippen molar-refractivity contribution in [1.82, 2.24) is 4.98 Å². The molecule has 1 fully saturated rings. The maximum atomic E-state index is 6.08. The molecule has 1 aromatic carbocycles. The van der Waals surface area contributed by atoms with E-state index in [9.17, 15) is 0 Å². The molecule has 4 heteroatoms. The molecule has 4 nitrogen and oxygen atoms in total. The second kappa shape index (κ2) is 16.5. The van der Waals surface area contributed by atoms with Crippen LogP contribution >= 0.6 is 0 Å². The molecular weight excluding hydrogens is 398 g/mol. The minimum Gasteiger partial charge on any atom is -0.493 e. The Morgan fingerprint density at radius 2 is 1.75 bits per heavy atom. The van der Waals surface area contributed by atoms with Crippen molar-refractivity contribution in [2.24, 2.45) is 5.92 Å². The first kappa shape index (κ1) is 26.2. The van der Waals surface area contributed by atoms with Crippen LogP contribution in [0.1, 0.15) is 78.6 Å². The van der Waals surface area contributed by atoms with Crippen LogP contribution in [0.3, 0.4) is 0 Å². The van der Waals surface area contributed by atoms with Crippen LogP contribution < -0.4 is 9.47 Å². The molecule has 0 spiro atoms. The molecule has 1 aliphatic rings. The minimum absolute atomic E-state index is 0.671. The second-order valence-electron chi connectivity index (χ2n) is 8.61. The third-order valence-electron chi connectivity index (χ3n) is 5.76. The van der Waals surface area contributed by atoms with Crippen molar-refractivity contribution >= 4 is 0 Å². The lowest BCUT2D eigenvalue weighted by atomic mass is 10.0. The summed E-state index contributed by atoms with van der Waals surface area (Å²) in [6.45, 7) is 10.1. The van der Waals surface area contributed by atoms with Crippen LogP contribution in [-0.2, 0) is 4.74 Å². The number of hydrogen-bond donors (Lipinski definition) is 0. The molecule has 1 atom stereocenters. The molecule has 2 aromatic rings. The summed E-state index contributed by atoms with van der Waals surface area (Å²) in [6, 6.07) is 12.2. The third kappa shape index (κ3) is 10.5. The highest BCUT2D eigenvalue weighted by molar-refractivity contribution is 5.70. The third-order valence-corrected chi connectivity index (χ3v) is 5.76. The van der Waals surface area contributed by atoms with Crippen LogP contribution in [0.15, 0.2) is 42.6 Å². The Hall–Kier alpha value is -2.07. The Morgan fingerprint density at radius 1 is 0.938 bits per heavy atom. The van der Waals surface area contributed by atoms with E-state index in [0.717, 1.165) is 55.5 Å². The van der Waals surface area contributed by atoms with Gasteiger partial charge in [0.1, 0.15) is 5.75 Å². The minimum atomic E-state index is 0.671. The van der Waals surface area contributed by atoms with Gasteiger partial charge in [-0.15, -0.1) is 0 Å². The van der Waals surface area contributed by atoms with Crippen LogP contribution in [0.4, 0.5) is 0 Å². The van der Waals surface area contributed by atoms with E-state index in [4.69, 9.17) is 14.2 Å². The summed E-state index contributed by atoms with van der Waals surface area (Å²) in [7, 11) is 0. The van der Waals surface area contributed by atoms with Gasteiger partial charge in [0, 0.05) is 31.0 Å². The summed E-state index contributed by atoms with van der Waals surface area (Å²) in [5.74, 6) is 2.44. The van der Waals surface area contributed by atoms with E-state index in [1.807, 2.05) is 30.3 Å². The molecule has 0 N–H and O–H groups in total. The van der Waals surface area contributed by atoms with E-state index in [0.29, 0.717) is 12.5 Å². The first-order valence-electron chi connectivity index (χ1n) is 12.6. The molecule has 0 bridgehead atoms. The lowest BCUT2D eigenvalue weighted by molar-refractivity contribution is 0.0968. The highest BCUT2D eigenvalue weighted by Gasteiger charge is 2.08. The zero-order valence-corrected chi connectivity index (χ0v) is 20.5. The Balaban J connectivity index is 0.000000520. The van der Waals surface area contributed by atoms with E-state index in [2.05, 4.69) is 31.8 Å². The molecule has 0 aliphatic carbocycles. The van der Waals surface area contributed by atoms with E-state index in [-0.39, 0.29) is 0 Å². The van der Waals surface area contributed by atoms with Gasteiger partial charge in [0.2, 0.25) is 5.88 Å². The van der Waals surface area contributed by atoms with Gasteiger partial charge >= 0.3 is 0 Å². The van der Waals surface area contributed by atoms with Gasteiger partial charge in [-0.3, -0.25) is 0 Å². The van der Waals surface area contributed by atoms with Crippen molar-refractivity contribution in [2.75, 3.05) is 26.4 Å². The molecule has 0 saturated carbocycles. The molecule has 1 saturated heterocycles. The Kier molecular flexibility index (Phi) is 13.5. The maximum Gasteiger partial charge on any atom is 0.213 e. The van der Waals surface area contributed by atoms with Gasteiger partial charge in [0.15, 0.2) is 0 Å². The van der Waals surface area contributed by atoms with Crippen LogP contribution in [0.25, 0.3) is 11.1 Å². The lowest BCUT2D eigenvalue weighted by Gasteiger charge is -2.13. The fourth-order valence-corrected chi connectivity index (χ4v) is 3.54. The molecule has 32 heavy (non-hydrogen) atoms. The average molecular weight is 442 g/mol. The number of benzene rings is 1. The number of ether oxygens (including phenoxy) is 3.